The van der Waals surface area contributed by atoms with Gasteiger partial charge in [-0.2, -0.15) is 10.4 Å². The van der Waals surface area contributed by atoms with Gasteiger partial charge in [-0.15, -0.1) is 0 Å². The van der Waals surface area contributed by atoms with Crippen LogP contribution in [-0.2, 0) is 4.79 Å². The van der Waals surface area contributed by atoms with Crippen LogP contribution in [0.15, 0.2) is 36.5 Å². The number of hydrogen-bond acceptors (Lipinski definition) is 9. The van der Waals surface area contributed by atoms with Gasteiger partial charge in [0.15, 0.2) is 10.8 Å². The Bertz CT molecular complexity index is 1710. The molecule has 1 N–H and O–H groups in total. The summed E-state index contributed by atoms with van der Waals surface area (Å²) in [5, 5.41) is 26.5. The SMILES string of the molecule is Cc1ccc(-c2nc(N(C)c3c4cc(N5CC6(CN(C(=O)C(C)(C)O)C6)C5)cnc4nn3C3CC3)sc2C#N)cc1. The lowest BCUT2D eigenvalue weighted by Crippen LogP contribution is -2.74. The van der Waals surface area contributed by atoms with Crippen LogP contribution in [0.1, 0.15) is 43.2 Å². The molecule has 1 amide bonds. The topological polar surface area (TPSA) is 114 Å². The molecule has 11 heteroatoms. The lowest BCUT2D eigenvalue weighted by Gasteiger charge is -2.61. The first-order valence-corrected chi connectivity index (χ1v) is 14.7. The highest BCUT2D eigenvalue weighted by Gasteiger charge is 2.54. The summed E-state index contributed by atoms with van der Waals surface area (Å²) in [5.74, 6) is 0.725. The van der Waals surface area contributed by atoms with Gasteiger partial charge in [0.25, 0.3) is 5.91 Å². The van der Waals surface area contributed by atoms with Gasteiger partial charge in [0, 0.05) is 44.2 Å². The van der Waals surface area contributed by atoms with Gasteiger partial charge < -0.3 is 19.8 Å². The second-order valence-corrected chi connectivity index (χ2v) is 13.3. The zero-order valence-electron chi connectivity index (χ0n) is 23.6. The first kappa shape index (κ1) is 25.9. The lowest BCUT2D eigenvalue weighted by molar-refractivity contribution is -0.162. The Labute approximate surface area is 242 Å². The molecule has 0 radical (unpaired) electrons. The second-order valence-electron chi connectivity index (χ2n) is 12.4. The maximum absolute atomic E-state index is 12.4. The number of hydrogen-bond donors (Lipinski definition) is 1. The number of amides is 1. The minimum Gasteiger partial charge on any atom is -0.381 e. The number of aliphatic hydroxyl groups is 1. The Morgan fingerprint density at radius 3 is 2.54 bits per heavy atom. The molecule has 3 fully saturated rings. The Kier molecular flexibility index (Phi) is 5.69. The van der Waals surface area contributed by atoms with Crippen LogP contribution in [0.4, 0.5) is 16.6 Å². The molecule has 210 valence electrons. The molecule has 10 nitrogen and oxygen atoms in total. The van der Waals surface area contributed by atoms with E-state index in [2.05, 4.69) is 21.7 Å². The predicted octanol–water partition coefficient (Wildman–Crippen LogP) is 4.26. The normalized spacial score (nSPS) is 17.9. The largest absolute Gasteiger partial charge is 0.381 e. The van der Waals surface area contributed by atoms with Crippen LogP contribution in [0.2, 0.25) is 0 Å². The van der Waals surface area contributed by atoms with E-state index in [1.54, 1.807) is 18.7 Å². The van der Waals surface area contributed by atoms with Gasteiger partial charge >= 0.3 is 0 Å². The van der Waals surface area contributed by atoms with Gasteiger partial charge in [-0.3, -0.25) is 4.79 Å². The summed E-state index contributed by atoms with van der Waals surface area (Å²) in [4.78, 5) is 28.8. The van der Waals surface area contributed by atoms with E-state index in [0.717, 1.165) is 59.1 Å². The van der Waals surface area contributed by atoms with E-state index in [-0.39, 0.29) is 11.3 Å². The lowest BCUT2D eigenvalue weighted by atomic mass is 9.72. The molecule has 7 rings (SSSR count). The molecule has 1 aliphatic carbocycles. The van der Waals surface area contributed by atoms with Crippen molar-refractivity contribution in [3.05, 3.63) is 47.0 Å². The Morgan fingerprint density at radius 1 is 1.20 bits per heavy atom. The number of nitriles is 1. The third-order valence-electron chi connectivity index (χ3n) is 8.33. The number of likely N-dealkylation sites (tertiary alicyclic amines) is 1. The van der Waals surface area contributed by atoms with Gasteiger partial charge in [0.1, 0.15) is 28.1 Å². The second kappa shape index (κ2) is 8.99. The van der Waals surface area contributed by atoms with Crippen LogP contribution >= 0.6 is 11.3 Å². The van der Waals surface area contributed by atoms with Crippen molar-refractivity contribution in [3.63, 3.8) is 0 Å². The van der Waals surface area contributed by atoms with Crippen molar-refractivity contribution in [3.8, 4) is 17.3 Å². The fourth-order valence-corrected chi connectivity index (χ4v) is 6.86. The van der Waals surface area contributed by atoms with Crippen molar-refractivity contribution >= 4 is 44.9 Å². The molecule has 0 atom stereocenters. The number of aromatic nitrogens is 4. The molecule has 2 aliphatic heterocycles. The summed E-state index contributed by atoms with van der Waals surface area (Å²) in [6.07, 6.45) is 4.03. The van der Waals surface area contributed by atoms with Gasteiger partial charge in [0.2, 0.25) is 0 Å². The van der Waals surface area contributed by atoms with E-state index in [0.29, 0.717) is 35.3 Å². The van der Waals surface area contributed by atoms with Crippen LogP contribution in [0, 0.1) is 23.7 Å². The maximum atomic E-state index is 12.4. The summed E-state index contributed by atoms with van der Waals surface area (Å²) in [7, 11) is 1.99. The fraction of sp³-hybridized carbons (Fsp3) is 0.433. The highest BCUT2D eigenvalue weighted by atomic mass is 32.1. The van der Waals surface area contributed by atoms with E-state index in [1.807, 2.05) is 49.3 Å². The molecule has 2 saturated heterocycles. The quantitative estimate of drug-likeness (QED) is 0.367. The smallest absolute Gasteiger partial charge is 0.253 e. The average molecular weight is 569 g/mol. The molecular formula is C30H32N8O2S. The van der Waals surface area contributed by atoms with E-state index in [1.165, 1.54) is 11.3 Å². The molecule has 3 aliphatic rings. The number of pyridine rings is 1. The number of fused-ring (bicyclic) bond motifs is 1. The van der Waals surface area contributed by atoms with Crippen molar-refractivity contribution in [1.29, 1.82) is 5.26 Å². The Hall–Kier alpha value is -4.01. The molecule has 0 bridgehead atoms. The summed E-state index contributed by atoms with van der Waals surface area (Å²) in [5.41, 5.74) is 3.25. The highest BCUT2D eigenvalue weighted by Crippen LogP contribution is 2.46. The molecule has 3 aromatic heterocycles. The van der Waals surface area contributed by atoms with Crippen LogP contribution in [0.25, 0.3) is 22.3 Å². The van der Waals surface area contributed by atoms with Gasteiger partial charge in [-0.05, 0) is 39.7 Å². The third-order valence-corrected chi connectivity index (χ3v) is 9.37. The zero-order valence-corrected chi connectivity index (χ0v) is 24.4. The maximum Gasteiger partial charge on any atom is 0.253 e. The minimum absolute atomic E-state index is 0.0780. The summed E-state index contributed by atoms with van der Waals surface area (Å²) in [6.45, 7) is 8.16. The summed E-state index contributed by atoms with van der Waals surface area (Å²) >= 11 is 1.39. The first-order chi connectivity index (χ1) is 19.5. The molecule has 1 aromatic carbocycles. The standard InChI is InChI=1S/C30H32N8O2S/c1-18-5-7-19(8-6-18)24-23(12-31)41-28(33-24)35(4)26-22-11-21(13-32-25(22)34-38(26)20-9-10-20)36-14-30(15-36)16-37(17-30)27(39)29(2,3)40/h5-8,11,13,20,40H,9-10,14-17H2,1-4H3. The number of rotatable bonds is 6. The number of benzene rings is 1. The molecule has 5 heterocycles. The Morgan fingerprint density at radius 2 is 1.90 bits per heavy atom. The number of carbonyl (C=O) groups is 1. The first-order valence-electron chi connectivity index (χ1n) is 13.9. The van der Waals surface area contributed by atoms with E-state index in [9.17, 15) is 15.2 Å². The van der Waals surface area contributed by atoms with E-state index >= 15 is 0 Å². The van der Waals surface area contributed by atoms with E-state index in [4.69, 9.17) is 15.1 Å². The molecule has 0 unspecified atom stereocenters. The van der Waals surface area contributed by atoms with Crippen molar-refractivity contribution in [2.24, 2.45) is 5.41 Å². The Balaban J connectivity index is 1.18. The third kappa shape index (κ3) is 4.33. The van der Waals surface area contributed by atoms with Crippen LogP contribution in [0.3, 0.4) is 0 Å². The summed E-state index contributed by atoms with van der Waals surface area (Å²) in [6, 6.07) is 12.9. The van der Waals surface area contributed by atoms with Gasteiger partial charge in [0.05, 0.1) is 23.3 Å². The minimum atomic E-state index is -1.34. The van der Waals surface area contributed by atoms with Gasteiger partial charge in [-0.1, -0.05) is 41.2 Å². The van der Waals surface area contributed by atoms with Gasteiger partial charge in [-0.25, -0.2) is 14.6 Å². The number of aryl methyl sites for hydroxylation is 1. The van der Waals surface area contributed by atoms with E-state index < -0.39 is 5.60 Å². The molecule has 4 aromatic rings. The number of anilines is 3. The summed E-state index contributed by atoms with van der Waals surface area (Å²) < 4.78 is 2.07. The fourth-order valence-electron chi connectivity index (χ4n) is 6.01. The highest BCUT2D eigenvalue weighted by molar-refractivity contribution is 7.16. The van der Waals surface area contributed by atoms with Crippen molar-refractivity contribution < 1.29 is 9.90 Å². The molecule has 41 heavy (non-hydrogen) atoms. The number of thiazole rings is 1. The predicted molar refractivity (Wildman–Crippen MR) is 158 cm³/mol. The molecule has 1 spiro atoms. The average Bonchev–Trinajstić information content (AvgIpc) is 3.54. The van der Waals surface area contributed by atoms with Crippen molar-refractivity contribution in [2.45, 2.75) is 45.3 Å². The van der Waals surface area contributed by atoms with Crippen LogP contribution in [0.5, 0.6) is 0 Å². The molecular weight excluding hydrogens is 536 g/mol. The van der Waals surface area contributed by atoms with Crippen molar-refractivity contribution in [1.82, 2.24) is 24.6 Å². The monoisotopic (exact) mass is 568 g/mol. The van der Waals surface area contributed by atoms with Crippen molar-refractivity contribution in [2.75, 3.05) is 43.0 Å². The number of nitrogens with zero attached hydrogens (tertiary/aromatic N) is 8. The zero-order chi connectivity index (χ0) is 28.7. The molecule has 1 saturated carbocycles. The van der Waals surface area contributed by atoms with Crippen LogP contribution in [-0.4, -0.2) is 74.5 Å². The number of carbonyl (C=O) groups excluding carboxylic acids is 1. The van der Waals surface area contributed by atoms with Crippen LogP contribution < -0.4 is 9.80 Å².